The summed E-state index contributed by atoms with van der Waals surface area (Å²) in [6.07, 6.45) is 0. The van der Waals surface area contributed by atoms with E-state index >= 15 is 0 Å². The van der Waals surface area contributed by atoms with Gasteiger partial charge in [0, 0.05) is 10.6 Å². The third kappa shape index (κ3) is 3.58. The Morgan fingerprint density at radius 3 is 2.08 bits per heavy atom. The van der Waals surface area contributed by atoms with Gasteiger partial charge in [-0.05, 0) is 66.6 Å². The fourth-order valence-corrected chi connectivity index (χ4v) is 3.96. The summed E-state index contributed by atoms with van der Waals surface area (Å²) in [5.74, 6) is 2.05. The van der Waals surface area contributed by atoms with E-state index in [-0.39, 0.29) is 5.37 Å². The molecule has 1 heterocycles. The van der Waals surface area contributed by atoms with Crippen LogP contribution in [0.3, 0.4) is 0 Å². The molecule has 0 radical (unpaired) electrons. The number of fused-ring (bicyclic) bond motifs is 1. The lowest BCUT2D eigenvalue weighted by Gasteiger charge is -2.12. The van der Waals surface area contributed by atoms with Crippen LogP contribution in [0.15, 0.2) is 71.6 Å². The number of methoxy groups -OCH3 is 1. The molecule has 1 atom stereocenters. The van der Waals surface area contributed by atoms with E-state index in [1.165, 1.54) is 21.7 Å². The van der Waals surface area contributed by atoms with Crippen molar-refractivity contribution in [3.05, 3.63) is 77.9 Å². The number of rotatable bonds is 5. The molecule has 0 bridgehead atoms. The molecule has 132 valence electrons. The molecule has 0 aromatic heterocycles. The van der Waals surface area contributed by atoms with Gasteiger partial charge in [-0.3, -0.25) is 9.78 Å². The van der Waals surface area contributed by atoms with Crippen LogP contribution in [-0.4, -0.2) is 7.11 Å². The van der Waals surface area contributed by atoms with Crippen LogP contribution in [0.25, 0.3) is 0 Å². The molecule has 1 unspecified atom stereocenters. The van der Waals surface area contributed by atoms with Crippen molar-refractivity contribution in [2.75, 3.05) is 12.4 Å². The van der Waals surface area contributed by atoms with E-state index in [4.69, 9.17) is 14.5 Å². The highest BCUT2D eigenvalue weighted by Gasteiger charge is 2.22. The topological polar surface area (TPSA) is 39.7 Å². The van der Waals surface area contributed by atoms with Crippen LogP contribution in [0.5, 0.6) is 17.2 Å². The Balaban J connectivity index is 1.38. The zero-order chi connectivity index (χ0) is 17.9. The summed E-state index contributed by atoms with van der Waals surface area (Å²) in [4.78, 5) is 12.0. The zero-order valence-electron chi connectivity index (χ0n) is 14.6. The van der Waals surface area contributed by atoms with E-state index in [2.05, 4.69) is 42.6 Å². The number of thioether (sulfide) groups is 1. The lowest BCUT2D eigenvalue weighted by atomic mass is 10.2. The Kier molecular flexibility index (Phi) is 4.63. The van der Waals surface area contributed by atoms with Gasteiger partial charge in [0.25, 0.3) is 0 Å². The number of hydrogen-bond donors (Lipinski definition) is 1. The molecule has 0 spiro atoms. The Hall–Kier alpha value is -2.79. The van der Waals surface area contributed by atoms with Gasteiger partial charge in [0.15, 0.2) is 11.5 Å². The van der Waals surface area contributed by atoms with E-state index < -0.39 is 0 Å². The second-order valence-electron chi connectivity index (χ2n) is 6.05. The standard InChI is InChI=1S/C21H19NO3S/c1-14-3-12-19-20(13-14)26-21(22-19)15-4-6-17(7-5-15)24-25-18-10-8-16(23-2)9-11-18/h3-13,21-22H,1-2H3. The predicted octanol–water partition coefficient (Wildman–Crippen LogP) is 5.59. The monoisotopic (exact) mass is 365 g/mol. The third-order valence-electron chi connectivity index (χ3n) is 4.14. The molecular weight excluding hydrogens is 346 g/mol. The van der Waals surface area contributed by atoms with Gasteiger partial charge in [-0.25, -0.2) is 0 Å². The minimum Gasteiger partial charge on any atom is -0.497 e. The smallest absolute Gasteiger partial charge is 0.178 e. The summed E-state index contributed by atoms with van der Waals surface area (Å²) in [6, 6.07) is 21.6. The largest absolute Gasteiger partial charge is 0.497 e. The molecule has 0 fully saturated rings. The number of hydrogen-bond acceptors (Lipinski definition) is 5. The number of ether oxygens (including phenoxy) is 1. The van der Waals surface area contributed by atoms with Gasteiger partial charge < -0.3 is 10.1 Å². The molecule has 0 aliphatic carbocycles. The van der Waals surface area contributed by atoms with Crippen molar-refractivity contribution in [2.24, 2.45) is 0 Å². The number of nitrogens with one attached hydrogen (secondary N) is 1. The molecule has 3 aromatic carbocycles. The molecule has 0 saturated carbocycles. The SMILES string of the molecule is COc1ccc(OOc2ccc(C3Nc4ccc(C)cc4S3)cc2)cc1. The molecule has 4 nitrogen and oxygen atoms in total. The Morgan fingerprint density at radius 2 is 1.42 bits per heavy atom. The first kappa shape index (κ1) is 16.7. The maximum atomic E-state index is 5.39. The first-order valence-electron chi connectivity index (χ1n) is 8.34. The second kappa shape index (κ2) is 7.22. The van der Waals surface area contributed by atoms with E-state index in [1.807, 2.05) is 36.0 Å². The van der Waals surface area contributed by atoms with Gasteiger partial charge >= 0.3 is 0 Å². The van der Waals surface area contributed by atoms with Gasteiger partial charge in [-0.15, -0.1) is 0 Å². The number of anilines is 1. The van der Waals surface area contributed by atoms with Crippen LogP contribution in [0, 0.1) is 6.92 Å². The quantitative estimate of drug-likeness (QED) is 0.471. The maximum Gasteiger partial charge on any atom is 0.178 e. The van der Waals surface area contributed by atoms with Crippen molar-refractivity contribution in [3.8, 4) is 17.2 Å². The predicted molar refractivity (Wildman–Crippen MR) is 104 cm³/mol. The fourth-order valence-electron chi connectivity index (χ4n) is 2.72. The highest BCUT2D eigenvalue weighted by Crippen LogP contribution is 2.46. The van der Waals surface area contributed by atoms with Crippen molar-refractivity contribution in [1.29, 1.82) is 0 Å². The van der Waals surface area contributed by atoms with Crippen molar-refractivity contribution in [3.63, 3.8) is 0 Å². The lowest BCUT2D eigenvalue weighted by molar-refractivity contribution is -0.0999. The Labute approximate surface area is 157 Å². The molecule has 4 rings (SSSR count). The maximum absolute atomic E-state index is 5.39. The molecule has 1 aliphatic rings. The number of aryl methyl sites for hydroxylation is 1. The van der Waals surface area contributed by atoms with Crippen LogP contribution in [0.1, 0.15) is 16.5 Å². The van der Waals surface area contributed by atoms with Crippen molar-refractivity contribution in [2.45, 2.75) is 17.2 Å². The Morgan fingerprint density at radius 1 is 0.808 bits per heavy atom. The molecule has 26 heavy (non-hydrogen) atoms. The van der Waals surface area contributed by atoms with Gasteiger partial charge in [0.2, 0.25) is 0 Å². The van der Waals surface area contributed by atoms with E-state index in [1.54, 1.807) is 19.2 Å². The second-order valence-corrected chi connectivity index (χ2v) is 7.20. The Bertz CT molecular complexity index is 894. The molecule has 3 aromatic rings. The van der Waals surface area contributed by atoms with Crippen molar-refractivity contribution in [1.82, 2.24) is 0 Å². The summed E-state index contributed by atoms with van der Waals surface area (Å²) < 4.78 is 5.12. The lowest BCUT2D eigenvalue weighted by Crippen LogP contribution is -2.03. The molecule has 5 heteroatoms. The molecule has 0 amide bonds. The molecular formula is C21H19NO3S. The van der Waals surface area contributed by atoms with Gasteiger partial charge in [-0.2, -0.15) is 0 Å². The van der Waals surface area contributed by atoms with Crippen LogP contribution >= 0.6 is 11.8 Å². The highest BCUT2D eigenvalue weighted by molar-refractivity contribution is 8.00. The fraction of sp³-hybridized carbons (Fsp3) is 0.143. The molecule has 0 saturated heterocycles. The van der Waals surface area contributed by atoms with Crippen LogP contribution in [0.2, 0.25) is 0 Å². The van der Waals surface area contributed by atoms with Crippen LogP contribution in [-0.2, 0) is 0 Å². The third-order valence-corrected chi connectivity index (χ3v) is 5.36. The summed E-state index contributed by atoms with van der Waals surface area (Å²) in [5.41, 5.74) is 3.66. The first-order valence-corrected chi connectivity index (χ1v) is 9.21. The normalized spacial score (nSPS) is 15.1. The summed E-state index contributed by atoms with van der Waals surface area (Å²) >= 11 is 1.83. The van der Waals surface area contributed by atoms with Crippen LogP contribution < -0.4 is 19.8 Å². The van der Waals surface area contributed by atoms with E-state index in [0.717, 1.165) is 5.75 Å². The minimum absolute atomic E-state index is 0.211. The summed E-state index contributed by atoms with van der Waals surface area (Å²) in [6.45, 7) is 2.11. The van der Waals surface area contributed by atoms with Crippen LogP contribution in [0.4, 0.5) is 5.69 Å². The van der Waals surface area contributed by atoms with E-state index in [9.17, 15) is 0 Å². The highest BCUT2D eigenvalue weighted by atomic mass is 32.2. The zero-order valence-corrected chi connectivity index (χ0v) is 15.4. The average Bonchev–Trinajstić information content (AvgIpc) is 3.10. The average molecular weight is 365 g/mol. The minimum atomic E-state index is 0.211. The summed E-state index contributed by atoms with van der Waals surface area (Å²) in [7, 11) is 1.63. The van der Waals surface area contributed by atoms with Crippen molar-refractivity contribution >= 4 is 17.4 Å². The van der Waals surface area contributed by atoms with Crippen molar-refractivity contribution < 1.29 is 14.5 Å². The van der Waals surface area contributed by atoms with Gasteiger partial charge in [0.1, 0.15) is 11.1 Å². The summed E-state index contributed by atoms with van der Waals surface area (Å²) in [5, 5.41) is 3.76. The van der Waals surface area contributed by atoms with Gasteiger partial charge in [0.05, 0.1) is 7.11 Å². The first-order chi connectivity index (χ1) is 12.7. The molecule has 1 aliphatic heterocycles. The number of benzene rings is 3. The van der Waals surface area contributed by atoms with Gasteiger partial charge in [-0.1, -0.05) is 30.0 Å². The van der Waals surface area contributed by atoms with E-state index in [0.29, 0.717) is 11.5 Å². The molecule has 1 N–H and O–H groups in total.